The molecule has 6 rings (SSSR count). The normalized spacial score (nSPS) is 46.8. The fraction of sp³-hybridized carbons (Fsp3) is 0.757. The maximum atomic E-state index is 14.7. The number of amides is 1. The van der Waals surface area contributed by atoms with Gasteiger partial charge in [0, 0.05) is 34.1 Å². The monoisotopic (exact) mass is 618 g/mol. The van der Waals surface area contributed by atoms with Crippen LogP contribution in [0, 0.1) is 55.7 Å². The number of ether oxygens (including phenoxy) is 1. The number of nitrogens with zero attached hydrogens (tertiary/aromatic N) is 2. The van der Waals surface area contributed by atoms with Gasteiger partial charge in [0.05, 0.1) is 12.7 Å². The quantitative estimate of drug-likeness (QED) is 0.406. The van der Waals surface area contributed by atoms with Gasteiger partial charge >= 0.3 is 5.97 Å². The first-order chi connectivity index (χ1) is 20.8. The summed E-state index contributed by atoms with van der Waals surface area (Å²) in [5, 5.41) is 23.1. The lowest BCUT2D eigenvalue weighted by molar-refractivity contribution is -0.243. The number of fused-ring (bicyclic) bond motifs is 7. The maximum Gasteiger partial charge on any atom is 0.328 e. The standard InChI is InChI=1S/C37H50N2O6/c1-31(2)24-11-12-35(6)25(34(24,5)19-22(21-38)28(31)41)18-27(40)37(44)26-20-33(4,14-13-32(26,3)15-16-36(35,37)7)30(43)39-17-9-10-23(39)29(42)45-8/h18-19,23-24,26,44H,9-17,20H2,1-8H3/t23-,24-,26+,32-,33-,34-,35+,36-,37+/m0/s1. The third-order valence-corrected chi connectivity index (χ3v) is 14.8. The smallest absolute Gasteiger partial charge is 0.328 e. The number of hydrogen-bond donors (Lipinski definition) is 1. The summed E-state index contributed by atoms with van der Waals surface area (Å²) in [7, 11) is 1.35. The predicted molar refractivity (Wildman–Crippen MR) is 167 cm³/mol. The van der Waals surface area contributed by atoms with E-state index in [1.165, 1.54) is 7.11 Å². The first kappa shape index (κ1) is 32.2. The number of allylic oxidation sites excluding steroid dienone is 3. The van der Waals surface area contributed by atoms with Crippen LogP contribution in [0.1, 0.15) is 106 Å². The lowest BCUT2D eigenvalue weighted by Crippen LogP contribution is -2.74. The molecule has 1 N–H and O–H groups in total. The number of methoxy groups -OCH3 is 1. The lowest BCUT2D eigenvalue weighted by Gasteiger charge is -2.71. The molecule has 1 aliphatic heterocycles. The van der Waals surface area contributed by atoms with E-state index in [2.05, 4.69) is 33.8 Å². The predicted octanol–water partition coefficient (Wildman–Crippen LogP) is 5.48. The molecular formula is C37H50N2O6. The molecule has 0 spiro atoms. The number of esters is 1. The molecule has 244 valence electrons. The van der Waals surface area contributed by atoms with Gasteiger partial charge in [0.1, 0.15) is 17.7 Å². The molecule has 5 aliphatic carbocycles. The largest absolute Gasteiger partial charge is 0.467 e. The average Bonchev–Trinajstić information content (AvgIpc) is 3.48. The van der Waals surface area contributed by atoms with Crippen molar-refractivity contribution in [2.75, 3.05) is 13.7 Å². The molecule has 0 bridgehead atoms. The Hall–Kier alpha value is -2.79. The van der Waals surface area contributed by atoms with Crippen molar-refractivity contribution >= 4 is 23.4 Å². The Bertz CT molecular complexity index is 1500. The van der Waals surface area contributed by atoms with Crippen LogP contribution >= 0.6 is 0 Å². The number of ketones is 2. The van der Waals surface area contributed by atoms with Crippen LogP contribution in [-0.2, 0) is 23.9 Å². The molecule has 0 unspecified atom stereocenters. The fourth-order valence-corrected chi connectivity index (χ4v) is 11.7. The van der Waals surface area contributed by atoms with Gasteiger partial charge in [-0.3, -0.25) is 14.4 Å². The summed E-state index contributed by atoms with van der Waals surface area (Å²) < 4.78 is 5.03. The molecule has 3 saturated carbocycles. The van der Waals surface area contributed by atoms with Crippen molar-refractivity contribution in [3.8, 4) is 6.07 Å². The van der Waals surface area contributed by atoms with E-state index in [1.54, 1.807) is 11.0 Å². The molecule has 1 amide bonds. The second kappa shape index (κ2) is 9.62. The molecule has 8 heteroatoms. The van der Waals surface area contributed by atoms with Crippen LogP contribution in [0.2, 0.25) is 0 Å². The van der Waals surface area contributed by atoms with Gasteiger partial charge in [0.25, 0.3) is 0 Å². The fourth-order valence-electron chi connectivity index (χ4n) is 11.7. The van der Waals surface area contributed by atoms with E-state index in [4.69, 9.17) is 4.74 Å². The zero-order valence-corrected chi connectivity index (χ0v) is 28.3. The Morgan fingerprint density at radius 3 is 2.29 bits per heavy atom. The Morgan fingerprint density at radius 1 is 0.978 bits per heavy atom. The molecule has 0 radical (unpaired) electrons. The van der Waals surface area contributed by atoms with Crippen molar-refractivity contribution in [1.82, 2.24) is 4.90 Å². The van der Waals surface area contributed by atoms with E-state index in [-0.39, 0.29) is 34.4 Å². The minimum Gasteiger partial charge on any atom is -0.467 e. The molecule has 9 atom stereocenters. The number of rotatable bonds is 2. The average molecular weight is 619 g/mol. The van der Waals surface area contributed by atoms with E-state index in [0.717, 1.165) is 24.8 Å². The molecule has 0 aromatic heterocycles. The summed E-state index contributed by atoms with van der Waals surface area (Å²) in [5.74, 6) is -1.48. The number of nitriles is 1. The van der Waals surface area contributed by atoms with Crippen LogP contribution in [0.4, 0.5) is 0 Å². The van der Waals surface area contributed by atoms with E-state index in [0.29, 0.717) is 45.1 Å². The second-order valence-electron chi connectivity index (χ2n) is 17.1. The van der Waals surface area contributed by atoms with Crippen LogP contribution in [0.5, 0.6) is 0 Å². The Morgan fingerprint density at radius 2 is 1.64 bits per heavy atom. The number of Topliss-reactive ketones (excluding diaryl/α,β-unsaturated/α-hetero) is 1. The van der Waals surface area contributed by atoms with Crippen molar-refractivity contribution in [1.29, 1.82) is 5.26 Å². The molecule has 0 aromatic rings. The van der Waals surface area contributed by atoms with Crippen LogP contribution in [-0.4, -0.2) is 58.7 Å². The van der Waals surface area contributed by atoms with E-state index < -0.39 is 50.6 Å². The zero-order chi connectivity index (χ0) is 33.2. The summed E-state index contributed by atoms with van der Waals surface area (Å²) in [5.41, 5.74) is -4.63. The van der Waals surface area contributed by atoms with Crippen molar-refractivity contribution in [3.63, 3.8) is 0 Å². The lowest BCUT2D eigenvalue weighted by atomic mass is 9.33. The topological polar surface area (TPSA) is 125 Å². The summed E-state index contributed by atoms with van der Waals surface area (Å²) in [6.45, 7) is 14.8. The Labute approximate surface area is 267 Å². The van der Waals surface area contributed by atoms with Gasteiger partial charge in [-0.2, -0.15) is 5.26 Å². The zero-order valence-electron chi connectivity index (χ0n) is 28.3. The van der Waals surface area contributed by atoms with E-state index in [9.17, 15) is 29.5 Å². The van der Waals surface area contributed by atoms with Gasteiger partial charge in [0.15, 0.2) is 11.6 Å². The third kappa shape index (κ3) is 3.79. The van der Waals surface area contributed by atoms with E-state index in [1.807, 2.05) is 26.8 Å². The SMILES string of the molecule is COC(=O)[C@@H]1CCCN1C(=O)[C@@]1(C)CC[C@@]2(C)CC[C@@]3(C)[C@]4(C)CC[C@H]5C(C)(C)C(=O)C(C#N)=C[C@]5(C)C4=CC(=O)[C@]3(O)[C@@H]2C1. The van der Waals surface area contributed by atoms with Gasteiger partial charge < -0.3 is 14.7 Å². The molecule has 0 aromatic carbocycles. The van der Waals surface area contributed by atoms with E-state index >= 15 is 0 Å². The van der Waals surface area contributed by atoms with Gasteiger partial charge in [-0.05, 0) is 86.2 Å². The maximum absolute atomic E-state index is 14.7. The van der Waals surface area contributed by atoms with Crippen molar-refractivity contribution in [3.05, 3.63) is 23.3 Å². The highest BCUT2D eigenvalue weighted by atomic mass is 16.5. The molecule has 1 heterocycles. The number of hydrogen-bond acceptors (Lipinski definition) is 7. The van der Waals surface area contributed by atoms with Crippen LogP contribution in [0.25, 0.3) is 0 Å². The van der Waals surface area contributed by atoms with Gasteiger partial charge in [-0.15, -0.1) is 0 Å². The van der Waals surface area contributed by atoms with Crippen molar-refractivity contribution in [2.24, 2.45) is 44.3 Å². The first-order valence-electron chi connectivity index (χ1n) is 16.9. The second-order valence-corrected chi connectivity index (χ2v) is 17.1. The molecule has 1 saturated heterocycles. The highest BCUT2D eigenvalue weighted by molar-refractivity contribution is 6.05. The van der Waals surface area contributed by atoms with Crippen molar-refractivity contribution in [2.45, 2.75) is 118 Å². The first-order valence-corrected chi connectivity index (χ1v) is 16.9. The minimum absolute atomic E-state index is 0.0795. The Kier molecular flexibility index (Phi) is 6.88. The van der Waals surface area contributed by atoms with Gasteiger partial charge in [-0.1, -0.05) is 54.5 Å². The van der Waals surface area contributed by atoms with Crippen molar-refractivity contribution < 1.29 is 29.0 Å². The summed E-state index contributed by atoms with van der Waals surface area (Å²) in [4.78, 5) is 56.6. The molecule has 8 nitrogen and oxygen atoms in total. The number of carbonyl (C=O) groups is 4. The van der Waals surface area contributed by atoms with Crippen LogP contribution in [0.15, 0.2) is 23.3 Å². The molecule has 6 aliphatic rings. The highest BCUT2D eigenvalue weighted by Gasteiger charge is 2.75. The number of aliphatic hydroxyl groups is 1. The molecule has 45 heavy (non-hydrogen) atoms. The van der Waals surface area contributed by atoms with Gasteiger partial charge in [-0.25, -0.2) is 4.79 Å². The minimum atomic E-state index is -1.70. The third-order valence-electron chi connectivity index (χ3n) is 14.8. The molecule has 4 fully saturated rings. The molecular weight excluding hydrogens is 568 g/mol. The summed E-state index contributed by atoms with van der Waals surface area (Å²) >= 11 is 0. The highest BCUT2D eigenvalue weighted by Crippen LogP contribution is 2.75. The summed E-state index contributed by atoms with van der Waals surface area (Å²) in [6, 6.07) is 1.55. The number of carbonyl (C=O) groups excluding carboxylic acids is 4. The van der Waals surface area contributed by atoms with Gasteiger partial charge in [0.2, 0.25) is 5.91 Å². The Balaban J connectivity index is 1.45. The van der Waals surface area contributed by atoms with Crippen LogP contribution < -0.4 is 0 Å². The number of likely N-dealkylation sites (tertiary alicyclic amines) is 1. The summed E-state index contributed by atoms with van der Waals surface area (Å²) in [6.07, 6.45) is 9.45. The van der Waals surface area contributed by atoms with Crippen LogP contribution in [0.3, 0.4) is 0 Å².